The Bertz CT molecular complexity index is 465. The van der Waals surface area contributed by atoms with Crippen molar-refractivity contribution in [2.24, 2.45) is 0 Å². The first-order valence-corrected chi connectivity index (χ1v) is 7.62. The largest absolute Gasteiger partial charge is 0.466 e. The summed E-state index contributed by atoms with van der Waals surface area (Å²) in [5.41, 5.74) is 2.03. The summed E-state index contributed by atoms with van der Waals surface area (Å²) >= 11 is 0. The third kappa shape index (κ3) is 3.83. The van der Waals surface area contributed by atoms with Crippen LogP contribution in [0.2, 0.25) is 0 Å². The van der Waals surface area contributed by atoms with Gasteiger partial charge in [0.25, 0.3) is 0 Å². The molecule has 1 aliphatic heterocycles. The zero-order valence-electron chi connectivity index (χ0n) is 13.2. The van der Waals surface area contributed by atoms with E-state index < -0.39 is 0 Å². The van der Waals surface area contributed by atoms with Crippen molar-refractivity contribution in [1.29, 1.82) is 0 Å². The summed E-state index contributed by atoms with van der Waals surface area (Å²) in [6, 6.07) is 8.42. The zero-order valence-corrected chi connectivity index (χ0v) is 13.2. The van der Waals surface area contributed by atoms with Gasteiger partial charge in [-0.05, 0) is 26.3 Å². The van der Waals surface area contributed by atoms with Crippen molar-refractivity contribution in [3.8, 4) is 0 Å². The highest BCUT2D eigenvalue weighted by atomic mass is 16.5. The van der Waals surface area contributed by atoms with Crippen molar-refractivity contribution in [3.63, 3.8) is 0 Å². The number of ether oxygens (including phenoxy) is 2. The van der Waals surface area contributed by atoms with Gasteiger partial charge in [0.05, 0.1) is 31.8 Å². The molecule has 1 aromatic carbocycles. The molecule has 0 aromatic heterocycles. The Morgan fingerprint density at radius 1 is 1.29 bits per heavy atom. The van der Waals surface area contributed by atoms with Crippen LogP contribution in [0.1, 0.15) is 31.4 Å². The molecule has 1 atom stereocenters. The molecule has 0 saturated carbocycles. The Hall–Kier alpha value is -1.39. The van der Waals surface area contributed by atoms with Crippen LogP contribution >= 0.6 is 0 Å². The molecule has 2 rings (SSSR count). The molecular formula is C17H25NO3. The maximum absolute atomic E-state index is 12.1. The van der Waals surface area contributed by atoms with Crippen LogP contribution in [-0.4, -0.2) is 43.8 Å². The number of hydrogen-bond donors (Lipinski definition) is 0. The minimum absolute atomic E-state index is 0.146. The van der Waals surface area contributed by atoms with Crippen molar-refractivity contribution < 1.29 is 14.3 Å². The summed E-state index contributed by atoms with van der Waals surface area (Å²) in [6.07, 6.45) is 0.365. The summed E-state index contributed by atoms with van der Waals surface area (Å²) in [5, 5.41) is 0. The van der Waals surface area contributed by atoms with Crippen molar-refractivity contribution in [2.45, 2.75) is 32.7 Å². The number of nitrogens with zero attached hydrogens (tertiary/aromatic N) is 1. The van der Waals surface area contributed by atoms with Crippen molar-refractivity contribution in [1.82, 2.24) is 4.90 Å². The van der Waals surface area contributed by atoms with E-state index in [0.717, 1.165) is 18.7 Å². The smallest absolute Gasteiger partial charge is 0.307 e. The fraction of sp³-hybridized carbons (Fsp3) is 0.588. The normalized spacial score (nSPS) is 19.0. The van der Waals surface area contributed by atoms with Gasteiger partial charge in [0.1, 0.15) is 0 Å². The Morgan fingerprint density at radius 2 is 1.90 bits per heavy atom. The molecule has 21 heavy (non-hydrogen) atoms. The van der Waals surface area contributed by atoms with Gasteiger partial charge in [-0.2, -0.15) is 0 Å². The third-order valence-electron chi connectivity index (χ3n) is 4.18. The monoisotopic (exact) mass is 291 g/mol. The first kappa shape index (κ1) is 16.0. The summed E-state index contributed by atoms with van der Waals surface area (Å²) in [5.74, 6) is -0.146. The molecule has 1 heterocycles. The van der Waals surface area contributed by atoms with E-state index >= 15 is 0 Å². The summed E-state index contributed by atoms with van der Waals surface area (Å²) in [6.45, 7) is 9.56. The lowest BCUT2D eigenvalue weighted by atomic mass is 9.86. The van der Waals surface area contributed by atoms with Crippen molar-refractivity contribution in [2.75, 3.05) is 32.9 Å². The predicted octanol–water partition coefficient (Wildman–Crippen LogP) is 2.50. The van der Waals surface area contributed by atoms with Gasteiger partial charge in [-0.1, -0.05) is 29.8 Å². The van der Waals surface area contributed by atoms with Crippen LogP contribution in [0.5, 0.6) is 0 Å². The van der Waals surface area contributed by atoms with Crippen LogP contribution in [0.4, 0.5) is 0 Å². The molecule has 0 N–H and O–H groups in total. The van der Waals surface area contributed by atoms with Crippen molar-refractivity contribution in [3.05, 3.63) is 35.4 Å². The molecule has 1 unspecified atom stereocenters. The van der Waals surface area contributed by atoms with E-state index in [9.17, 15) is 4.79 Å². The van der Waals surface area contributed by atoms with E-state index in [1.165, 1.54) is 5.56 Å². The molecule has 1 aliphatic rings. The molecule has 0 amide bonds. The molecule has 1 aromatic rings. The van der Waals surface area contributed by atoms with E-state index in [2.05, 4.69) is 43.0 Å². The van der Waals surface area contributed by atoms with E-state index in [1.54, 1.807) is 0 Å². The zero-order chi connectivity index (χ0) is 15.3. The topological polar surface area (TPSA) is 38.8 Å². The second-order valence-electron chi connectivity index (χ2n) is 5.72. The van der Waals surface area contributed by atoms with Crippen molar-refractivity contribution >= 4 is 5.97 Å². The van der Waals surface area contributed by atoms with E-state index in [-0.39, 0.29) is 11.5 Å². The van der Waals surface area contributed by atoms with Gasteiger partial charge in [0.15, 0.2) is 0 Å². The van der Waals surface area contributed by atoms with Gasteiger partial charge >= 0.3 is 5.97 Å². The number of carbonyl (C=O) groups excluding carboxylic acids is 1. The Labute approximate surface area is 127 Å². The quantitative estimate of drug-likeness (QED) is 0.781. The van der Waals surface area contributed by atoms with Crippen LogP contribution in [-0.2, 0) is 19.8 Å². The number of esters is 1. The average Bonchev–Trinajstić information content (AvgIpc) is 2.49. The number of carbonyl (C=O) groups is 1. The van der Waals surface area contributed by atoms with Crippen LogP contribution < -0.4 is 0 Å². The van der Waals surface area contributed by atoms with Crippen LogP contribution in [0.25, 0.3) is 0 Å². The second kappa shape index (κ2) is 7.05. The van der Waals surface area contributed by atoms with Crippen LogP contribution in [0.3, 0.4) is 0 Å². The second-order valence-corrected chi connectivity index (χ2v) is 5.72. The number of rotatable bonds is 5. The molecule has 0 bridgehead atoms. The first-order valence-electron chi connectivity index (χ1n) is 7.62. The fourth-order valence-corrected chi connectivity index (χ4v) is 2.86. The Balaban J connectivity index is 2.27. The maximum atomic E-state index is 12.1. The van der Waals surface area contributed by atoms with Crippen LogP contribution in [0.15, 0.2) is 24.3 Å². The lowest BCUT2D eigenvalue weighted by molar-refractivity contribution is -0.147. The third-order valence-corrected chi connectivity index (χ3v) is 4.18. The molecule has 4 heteroatoms. The van der Waals surface area contributed by atoms with E-state index in [4.69, 9.17) is 9.47 Å². The number of hydrogen-bond acceptors (Lipinski definition) is 4. The average molecular weight is 291 g/mol. The minimum Gasteiger partial charge on any atom is -0.466 e. The lowest BCUT2D eigenvalue weighted by Gasteiger charge is -2.43. The first-order chi connectivity index (χ1) is 10.1. The molecule has 4 nitrogen and oxygen atoms in total. The maximum Gasteiger partial charge on any atom is 0.307 e. The molecule has 0 radical (unpaired) electrons. The highest BCUT2D eigenvalue weighted by Crippen LogP contribution is 2.33. The molecular weight excluding hydrogens is 266 g/mol. The summed E-state index contributed by atoms with van der Waals surface area (Å²) < 4.78 is 10.6. The molecule has 1 fully saturated rings. The van der Waals surface area contributed by atoms with E-state index in [1.807, 2.05) is 6.92 Å². The standard InChI is InChI=1S/C17H25NO3/c1-4-21-16(19)13-17(3,18-9-11-20-12-10-18)15-7-5-14(2)6-8-15/h5-8H,4,9-13H2,1-3H3. The van der Waals surface area contributed by atoms with Gasteiger partial charge in [-0.25, -0.2) is 0 Å². The Morgan fingerprint density at radius 3 is 2.48 bits per heavy atom. The van der Waals surface area contributed by atoms with Gasteiger partial charge in [-0.3, -0.25) is 9.69 Å². The summed E-state index contributed by atoms with van der Waals surface area (Å²) in [4.78, 5) is 14.4. The molecule has 0 aliphatic carbocycles. The predicted molar refractivity (Wildman–Crippen MR) is 82.2 cm³/mol. The lowest BCUT2D eigenvalue weighted by Crippen LogP contribution is -2.50. The van der Waals surface area contributed by atoms with Crippen LogP contribution in [0, 0.1) is 6.92 Å². The number of morpholine rings is 1. The fourth-order valence-electron chi connectivity index (χ4n) is 2.86. The summed E-state index contributed by atoms with van der Waals surface area (Å²) in [7, 11) is 0. The molecule has 1 saturated heterocycles. The van der Waals surface area contributed by atoms with Gasteiger partial charge in [-0.15, -0.1) is 0 Å². The number of aryl methyl sites for hydroxylation is 1. The molecule has 0 spiro atoms. The van der Waals surface area contributed by atoms with E-state index in [0.29, 0.717) is 26.2 Å². The number of benzene rings is 1. The van der Waals surface area contributed by atoms with Gasteiger partial charge in [0.2, 0.25) is 0 Å². The molecule has 116 valence electrons. The Kier molecular flexibility index (Phi) is 5.37. The van der Waals surface area contributed by atoms with Gasteiger partial charge in [0, 0.05) is 13.1 Å². The highest BCUT2D eigenvalue weighted by molar-refractivity contribution is 5.71. The minimum atomic E-state index is -0.344. The SMILES string of the molecule is CCOC(=O)CC(C)(c1ccc(C)cc1)N1CCOCC1. The highest BCUT2D eigenvalue weighted by Gasteiger charge is 2.37. The van der Waals surface area contributed by atoms with Gasteiger partial charge < -0.3 is 9.47 Å².